The van der Waals surface area contributed by atoms with Crippen molar-refractivity contribution in [2.24, 2.45) is 0 Å². The van der Waals surface area contributed by atoms with E-state index in [1.807, 2.05) is 0 Å². The number of esters is 1. The van der Waals surface area contributed by atoms with Crippen molar-refractivity contribution in [3.05, 3.63) is 22.1 Å². The summed E-state index contributed by atoms with van der Waals surface area (Å²) in [5, 5.41) is 1.73. The monoisotopic (exact) mass is 349 g/mol. The number of carbonyl (C=O) groups excluding carboxylic acids is 3. The molecule has 0 fully saturated rings. The third-order valence-corrected chi connectivity index (χ3v) is 2.96. The Morgan fingerprint density at radius 3 is 2.52 bits per heavy atom. The molecule has 0 atom stereocenters. The zero-order valence-electron chi connectivity index (χ0n) is 12.4. The minimum absolute atomic E-state index is 0.135. The van der Waals surface area contributed by atoms with Crippen LogP contribution < -0.4 is 11.1 Å². The van der Waals surface area contributed by atoms with Crippen LogP contribution in [0.25, 0.3) is 0 Å². The molecule has 0 bridgehead atoms. The molecule has 0 aromatic carbocycles. The molecule has 1 rings (SSSR count). The second-order valence-electron chi connectivity index (χ2n) is 3.93. The average Bonchev–Trinajstić information content (AvgIpc) is 2.79. The summed E-state index contributed by atoms with van der Waals surface area (Å²) in [7, 11) is 0. The van der Waals surface area contributed by atoms with Crippen LogP contribution in [0, 0.1) is 6.92 Å². The van der Waals surface area contributed by atoms with E-state index < -0.39 is 30.0 Å². The number of aryl methyl sites for hydroxylation is 1. The Kier molecular flexibility index (Phi) is 7.74. The number of thioether (sulfide) groups is 1. The first-order valence-corrected chi connectivity index (χ1v) is 7.30. The first kappa shape index (κ1) is 18.6. The van der Waals surface area contributed by atoms with Gasteiger partial charge in [0.1, 0.15) is 0 Å². The zero-order valence-corrected chi connectivity index (χ0v) is 13.2. The van der Waals surface area contributed by atoms with Gasteiger partial charge in [0.15, 0.2) is 18.1 Å². The molecule has 0 unspecified atom stereocenters. The Morgan fingerprint density at radius 1 is 1.17 bits per heavy atom. The van der Waals surface area contributed by atoms with Gasteiger partial charge in [0, 0.05) is 19.2 Å². The summed E-state index contributed by atoms with van der Waals surface area (Å²) in [6.07, 6.45) is -0.781. The summed E-state index contributed by atoms with van der Waals surface area (Å²) >= 11 is 0.812. The summed E-state index contributed by atoms with van der Waals surface area (Å²) in [5.74, 6) is -0.825. The molecule has 23 heavy (non-hydrogen) atoms. The van der Waals surface area contributed by atoms with Gasteiger partial charge in [0.25, 0.3) is 0 Å². The number of nitrogens with one attached hydrogen (secondary N) is 1. The van der Waals surface area contributed by atoms with Gasteiger partial charge in [-0.25, -0.2) is 14.4 Å². The maximum absolute atomic E-state index is 11.4. The van der Waals surface area contributed by atoms with Crippen LogP contribution in [-0.4, -0.2) is 36.5 Å². The standard InChI is InChI=1S/C12H15NO9S/c1-7-9(22-11(16)21-7)5-18-12(17)23-4-3-13-10(15)20-6-19-8(2)14/h3-6H2,1-2H3,(H,13,15). The summed E-state index contributed by atoms with van der Waals surface area (Å²) in [5.41, 5.74) is 0. The highest BCUT2D eigenvalue weighted by Gasteiger charge is 2.12. The van der Waals surface area contributed by atoms with Crippen LogP contribution in [0.5, 0.6) is 0 Å². The predicted molar refractivity (Wildman–Crippen MR) is 75.7 cm³/mol. The van der Waals surface area contributed by atoms with E-state index in [1.54, 1.807) is 0 Å². The molecule has 1 N–H and O–H groups in total. The number of alkyl carbamates (subject to hydrolysis) is 1. The largest absolute Gasteiger partial charge is 0.519 e. The first-order chi connectivity index (χ1) is 10.9. The van der Waals surface area contributed by atoms with E-state index in [4.69, 9.17) is 4.74 Å². The molecule has 0 aliphatic rings. The normalized spacial score (nSPS) is 10.0. The van der Waals surface area contributed by atoms with Gasteiger partial charge in [-0.3, -0.25) is 4.79 Å². The van der Waals surface area contributed by atoms with Crippen molar-refractivity contribution < 1.29 is 37.4 Å². The van der Waals surface area contributed by atoms with Crippen molar-refractivity contribution in [2.45, 2.75) is 20.5 Å². The topological polar surface area (TPSA) is 134 Å². The van der Waals surface area contributed by atoms with Gasteiger partial charge in [-0.1, -0.05) is 0 Å². The van der Waals surface area contributed by atoms with Crippen molar-refractivity contribution in [1.29, 1.82) is 0 Å². The minimum Gasteiger partial charge on any atom is -0.449 e. The third kappa shape index (κ3) is 7.95. The zero-order chi connectivity index (χ0) is 17.2. The van der Waals surface area contributed by atoms with Crippen molar-refractivity contribution in [3.63, 3.8) is 0 Å². The fourth-order valence-electron chi connectivity index (χ4n) is 1.18. The van der Waals surface area contributed by atoms with E-state index in [-0.39, 0.29) is 30.4 Å². The van der Waals surface area contributed by atoms with E-state index in [0.29, 0.717) is 0 Å². The lowest BCUT2D eigenvalue weighted by Crippen LogP contribution is -2.27. The van der Waals surface area contributed by atoms with Gasteiger partial charge in [0.2, 0.25) is 6.79 Å². The quantitative estimate of drug-likeness (QED) is 0.434. The summed E-state index contributed by atoms with van der Waals surface area (Å²) in [4.78, 5) is 43.7. The number of hydrogen-bond donors (Lipinski definition) is 1. The van der Waals surface area contributed by atoms with Gasteiger partial charge in [-0.05, 0) is 18.7 Å². The molecule has 0 aliphatic carbocycles. The SMILES string of the molecule is CC(=O)OCOC(=O)NCCSC(=O)OCc1oc(=O)oc1C. The maximum Gasteiger partial charge on any atom is 0.519 e. The predicted octanol–water partition coefficient (Wildman–Crippen LogP) is 1.16. The highest BCUT2D eigenvalue weighted by Crippen LogP contribution is 2.10. The van der Waals surface area contributed by atoms with Crippen LogP contribution in [0.1, 0.15) is 18.4 Å². The second kappa shape index (κ2) is 9.56. The van der Waals surface area contributed by atoms with Gasteiger partial charge in [-0.2, -0.15) is 0 Å². The lowest BCUT2D eigenvalue weighted by molar-refractivity contribution is -0.149. The molecule has 0 aliphatic heterocycles. The van der Waals surface area contributed by atoms with Crippen LogP contribution in [-0.2, 0) is 25.6 Å². The third-order valence-electron chi connectivity index (χ3n) is 2.20. The number of hydrogen-bond acceptors (Lipinski definition) is 10. The average molecular weight is 349 g/mol. The molecule has 0 radical (unpaired) electrons. The highest BCUT2D eigenvalue weighted by atomic mass is 32.2. The Labute approximate surface area is 134 Å². The number of amides is 1. The van der Waals surface area contributed by atoms with E-state index in [2.05, 4.69) is 23.6 Å². The molecule has 11 heteroatoms. The van der Waals surface area contributed by atoms with Crippen molar-refractivity contribution >= 4 is 29.1 Å². The fraction of sp³-hybridized carbons (Fsp3) is 0.500. The Hall–Kier alpha value is -2.43. The molecule has 0 saturated heterocycles. The molecular formula is C12H15NO9S. The molecule has 1 heterocycles. The van der Waals surface area contributed by atoms with Gasteiger partial charge in [-0.15, -0.1) is 0 Å². The van der Waals surface area contributed by atoms with E-state index in [9.17, 15) is 19.2 Å². The first-order valence-electron chi connectivity index (χ1n) is 6.31. The molecule has 1 amide bonds. The Bertz CT molecular complexity index is 606. The lowest BCUT2D eigenvalue weighted by atomic mass is 10.4. The molecule has 10 nitrogen and oxygen atoms in total. The number of ether oxygens (including phenoxy) is 3. The lowest BCUT2D eigenvalue weighted by Gasteiger charge is -2.06. The van der Waals surface area contributed by atoms with Crippen LogP contribution in [0.2, 0.25) is 0 Å². The summed E-state index contributed by atoms with van der Waals surface area (Å²) in [6, 6.07) is 0. The number of carbonyl (C=O) groups is 3. The summed E-state index contributed by atoms with van der Waals surface area (Å²) in [6.45, 7) is 2.12. The van der Waals surface area contributed by atoms with E-state index in [1.165, 1.54) is 13.8 Å². The van der Waals surface area contributed by atoms with Crippen molar-refractivity contribution in [3.8, 4) is 0 Å². The van der Waals surface area contributed by atoms with E-state index in [0.717, 1.165) is 11.8 Å². The van der Waals surface area contributed by atoms with Crippen molar-refractivity contribution in [2.75, 3.05) is 19.1 Å². The smallest absolute Gasteiger partial charge is 0.449 e. The van der Waals surface area contributed by atoms with Gasteiger partial charge < -0.3 is 28.4 Å². The molecule has 0 saturated carbocycles. The van der Waals surface area contributed by atoms with Gasteiger partial charge in [0.05, 0.1) is 0 Å². The van der Waals surface area contributed by atoms with Crippen LogP contribution in [0.15, 0.2) is 13.6 Å². The Morgan fingerprint density at radius 2 is 1.91 bits per heavy atom. The second-order valence-corrected chi connectivity index (χ2v) is 4.96. The van der Waals surface area contributed by atoms with Crippen LogP contribution in [0.3, 0.4) is 0 Å². The minimum atomic E-state index is -0.863. The molecular weight excluding hydrogens is 334 g/mol. The van der Waals surface area contributed by atoms with Gasteiger partial charge >= 0.3 is 23.2 Å². The number of rotatable bonds is 7. The van der Waals surface area contributed by atoms with E-state index >= 15 is 0 Å². The molecule has 128 valence electrons. The van der Waals surface area contributed by atoms with Crippen molar-refractivity contribution in [1.82, 2.24) is 5.32 Å². The molecule has 0 spiro atoms. The maximum atomic E-state index is 11.4. The molecule has 1 aromatic rings. The fourth-order valence-corrected chi connectivity index (χ4v) is 1.69. The Balaban J connectivity index is 2.10. The summed E-state index contributed by atoms with van der Waals surface area (Å²) < 4.78 is 23.0. The highest BCUT2D eigenvalue weighted by molar-refractivity contribution is 8.13. The van der Waals surface area contributed by atoms with Crippen LogP contribution >= 0.6 is 11.8 Å². The molecule has 1 aromatic heterocycles. The van der Waals surface area contributed by atoms with Crippen LogP contribution in [0.4, 0.5) is 9.59 Å².